The number of thiazole rings is 1. The molecule has 0 fully saturated rings. The lowest BCUT2D eigenvalue weighted by atomic mass is 10.1. The molecule has 1 aromatic carbocycles. The van der Waals surface area contributed by atoms with Crippen LogP contribution in [-0.2, 0) is 17.8 Å². The van der Waals surface area contributed by atoms with E-state index in [4.69, 9.17) is 0 Å². The van der Waals surface area contributed by atoms with E-state index in [1.165, 1.54) is 17.4 Å². The van der Waals surface area contributed by atoms with Crippen molar-refractivity contribution in [1.82, 2.24) is 4.98 Å². The number of nitrogens with zero attached hydrogens (tertiary/aromatic N) is 2. The van der Waals surface area contributed by atoms with Crippen molar-refractivity contribution < 1.29 is 9.72 Å². The fraction of sp³-hybridized carbons (Fsp3) is 0.231. The van der Waals surface area contributed by atoms with Gasteiger partial charge in [-0.1, -0.05) is 0 Å². The molecule has 3 rings (SSSR count). The number of nitrogens with one attached hydrogen (secondary N) is 2. The molecule has 0 spiro atoms. The zero-order valence-electron chi connectivity index (χ0n) is 11.2. The molecule has 0 saturated carbocycles. The molecule has 1 aromatic heterocycles. The van der Waals surface area contributed by atoms with Crippen molar-refractivity contribution in [2.45, 2.75) is 19.9 Å². The predicted molar refractivity (Wildman–Crippen MR) is 79.6 cm³/mol. The summed E-state index contributed by atoms with van der Waals surface area (Å²) in [6.45, 7) is 2.36. The van der Waals surface area contributed by atoms with Gasteiger partial charge >= 0.3 is 0 Å². The SMILES string of the molecule is Cc1ncsc1CNc1cc2c(cc1[N+](=O)[O-])CC(=O)N2. The third-order valence-corrected chi connectivity index (χ3v) is 4.26. The van der Waals surface area contributed by atoms with Gasteiger partial charge in [0.05, 0.1) is 29.1 Å². The average molecular weight is 304 g/mol. The van der Waals surface area contributed by atoms with Gasteiger partial charge in [0.2, 0.25) is 5.91 Å². The van der Waals surface area contributed by atoms with Crippen molar-refractivity contribution in [3.8, 4) is 0 Å². The van der Waals surface area contributed by atoms with E-state index in [0.717, 1.165) is 10.6 Å². The van der Waals surface area contributed by atoms with Crippen LogP contribution in [-0.4, -0.2) is 15.8 Å². The van der Waals surface area contributed by atoms with Gasteiger partial charge in [0.1, 0.15) is 5.69 Å². The monoisotopic (exact) mass is 304 g/mol. The molecule has 2 N–H and O–H groups in total. The summed E-state index contributed by atoms with van der Waals surface area (Å²) in [5.41, 5.74) is 4.31. The Balaban J connectivity index is 1.90. The summed E-state index contributed by atoms with van der Waals surface area (Å²) in [4.78, 5) is 27.3. The van der Waals surface area contributed by atoms with Crippen LogP contribution in [0.15, 0.2) is 17.6 Å². The molecule has 21 heavy (non-hydrogen) atoms. The second-order valence-corrected chi connectivity index (χ2v) is 5.66. The number of amides is 1. The van der Waals surface area contributed by atoms with Crippen LogP contribution in [0.5, 0.6) is 0 Å². The molecule has 7 nitrogen and oxygen atoms in total. The highest BCUT2D eigenvalue weighted by Gasteiger charge is 2.24. The first-order valence-electron chi connectivity index (χ1n) is 6.28. The summed E-state index contributed by atoms with van der Waals surface area (Å²) in [5.74, 6) is -0.144. The van der Waals surface area contributed by atoms with Crippen molar-refractivity contribution in [2.75, 3.05) is 10.6 Å². The van der Waals surface area contributed by atoms with E-state index in [1.807, 2.05) is 6.92 Å². The number of hydrogen-bond acceptors (Lipinski definition) is 6. The average Bonchev–Trinajstić information content (AvgIpc) is 2.99. The molecule has 2 aromatic rings. The summed E-state index contributed by atoms with van der Waals surface area (Å²) in [5, 5.41) is 16.9. The molecular weight excluding hydrogens is 292 g/mol. The number of anilines is 2. The van der Waals surface area contributed by atoms with Gasteiger partial charge in [-0.2, -0.15) is 0 Å². The zero-order chi connectivity index (χ0) is 15.0. The molecular formula is C13H12N4O3S. The van der Waals surface area contributed by atoms with E-state index in [0.29, 0.717) is 23.5 Å². The minimum absolute atomic E-state index is 0.0209. The minimum atomic E-state index is -0.440. The second kappa shape index (κ2) is 5.13. The van der Waals surface area contributed by atoms with Crippen molar-refractivity contribution in [3.05, 3.63) is 43.9 Å². The van der Waals surface area contributed by atoms with E-state index in [9.17, 15) is 14.9 Å². The summed E-state index contributed by atoms with van der Waals surface area (Å²) in [6.07, 6.45) is 0.185. The van der Waals surface area contributed by atoms with Crippen LogP contribution in [0.4, 0.5) is 17.1 Å². The van der Waals surface area contributed by atoms with Crippen molar-refractivity contribution in [2.24, 2.45) is 0 Å². The van der Waals surface area contributed by atoms with Crippen LogP contribution in [0.3, 0.4) is 0 Å². The number of nitro benzene ring substituents is 1. The number of aryl methyl sites for hydroxylation is 1. The fourth-order valence-corrected chi connectivity index (χ4v) is 2.94. The molecule has 0 bridgehead atoms. The quantitative estimate of drug-likeness (QED) is 0.668. The van der Waals surface area contributed by atoms with Gasteiger partial charge in [0.15, 0.2) is 0 Å². The Bertz CT molecular complexity index is 741. The van der Waals surface area contributed by atoms with Crippen LogP contribution < -0.4 is 10.6 Å². The zero-order valence-corrected chi connectivity index (χ0v) is 12.0. The van der Waals surface area contributed by atoms with Crippen molar-refractivity contribution in [1.29, 1.82) is 0 Å². The maximum Gasteiger partial charge on any atom is 0.292 e. The lowest BCUT2D eigenvalue weighted by molar-refractivity contribution is -0.384. The Morgan fingerprint density at radius 1 is 1.52 bits per heavy atom. The Hall–Kier alpha value is -2.48. The summed E-state index contributed by atoms with van der Waals surface area (Å²) >= 11 is 1.50. The molecule has 108 valence electrons. The van der Waals surface area contributed by atoms with Gasteiger partial charge < -0.3 is 10.6 Å². The smallest absolute Gasteiger partial charge is 0.292 e. The largest absolute Gasteiger partial charge is 0.374 e. The first-order chi connectivity index (χ1) is 10.0. The summed E-state index contributed by atoms with van der Waals surface area (Å²) in [6, 6.07) is 3.07. The molecule has 0 saturated heterocycles. The number of carbonyl (C=O) groups is 1. The van der Waals surface area contributed by atoms with E-state index >= 15 is 0 Å². The molecule has 8 heteroatoms. The van der Waals surface area contributed by atoms with Crippen LogP contribution >= 0.6 is 11.3 Å². The summed E-state index contributed by atoms with van der Waals surface area (Å²) in [7, 11) is 0. The van der Waals surface area contributed by atoms with Gasteiger partial charge in [-0.3, -0.25) is 14.9 Å². The molecule has 0 atom stereocenters. The number of benzene rings is 1. The highest BCUT2D eigenvalue weighted by Crippen LogP contribution is 2.34. The minimum Gasteiger partial charge on any atom is -0.374 e. The fourth-order valence-electron chi connectivity index (χ4n) is 2.23. The Morgan fingerprint density at radius 2 is 2.33 bits per heavy atom. The van der Waals surface area contributed by atoms with Gasteiger partial charge in [-0.05, 0) is 18.6 Å². The van der Waals surface area contributed by atoms with Gasteiger partial charge in [0, 0.05) is 16.6 Å². The lowest BCUT2D eigenvalue weighted by Gasteiger charge is -2.08. The first-order valence-corrected chi connectivity index (χ1v) is 7.16. The standard InChI is InChI=1S/C13H12N4O3S/c1-7-12(21-6-15-7)5-14-10-4-9-8(3-13(18)16-9)2-11(10)17(19)20/h2,4,6,14H,3,5H2,1H3,(H,16,18). The van der Waals surface area contributed by atoms with Crippen LogP contribution in [0.1, 0.15) is 16.1 Å². The Kier molecular flexibility index (Phi) is 3.30. The molecule has 1 aliphatic rings. The Labute approximate surface area is 124 Å². The predicted octanol–water partition coefficient (Wildman–Crippen LogP) is 2.47. The highest BCUT2D eigenvalue weighted by molar-refractivity contribution is 7.09. The third kappa shape index (κ3) is 2.57. The molecule has 2 heterocycles. The number of carbonyl (C=O) groups excluding carboxylic acids is 1. The van der Waals surface area contributed by atoms with E-state index in [2.05, 4.69) is 15.6 Å². The number of fused-ring (bicyclic) bond motifs is 1. The molecule has 0 unspecified atom stereocenters. The van der Waals surface area contributed by atoms with Gasteiger partial charge in [-0.15, -0.1) is 11.3 Å². The maximum absolute atomic E-state index is 11.4. The van der Waals surface area contributed by atoms with Gasteiger partial charge in [-0.25, -0.2) is 4.98 Å². The first kappa shape index (κ1) is 13.5. The van der Waals surface area contributed by atoms with E-state index in [1.54, 1.807) is 11.6 Å². The lowest BCUT2D eigenvalue weighted by Crippen LogP contribution is -2.04. The Morgan fingerprint density at radius 3 is 3.00 bits per heavy atom. The van der Waals surface area contributed by atoms with Crippen molar-refractivity contribution in [3.63, 3.8) is 0 Å². The third-order valence-electron chi connectivity index (χ3n) is 3.33. The van der Waals surface area contributed by atoms with Crippen molar-refractivity contribution >= 4 is 34.3 Å². The topological polar surface area (TPSA) is 97.2 Å². The maximum atomic E-state index is 11.4. The summed E-state index contributed by atoms with van der Waals surface area (Å²) < 4.78 is 0. The van der Waals surface area contributed by atoms with E-state index < -0.39 is 4.92 Å². The van der Waals surface area contributed by atoms with Crippen LogP contribution in [0.25, 0.3) is 0 Å². The number of rotatable bonds is 4. The normalized spacial score (nSPS) is 12.9. The van der Waals surface area contributed by atoms with Crippen LogP contribution in [0, 0.1) is 17.0 Å². The number of hydrogen-bond donors (Lipinski definition) is 2. The molecule has 1 aliphatic heterocycles. The highest BCUT2D eigenvalue weighted by atomic mass is 32.1. The number of nitro groups is 1. The molecule has 0 aliphatic carbocycles. The van der Waals surface area contributed by atoms with Gasteiger partial charge in [0.25, 0.3) is 5.69 Å². The molecule has 0 radical (unpaired) electrons. The van der Waals surface area contributed by atoms with Crippen LogP contribution in [0.2, 0.25) is 0 Å². The second-order valence-electron chi connectivity index (χ2n) is 4.72. The molecule has 1 amide bonds. The number of aromatic nitrogens is 1. The van der Waals surface area contributed by atoms with E-state index in [-0.39, 0.29) is 18.0 Å².